The third-order valence-corrected chi connectivity index (χ3v) is 4.90. The summed E-state index contributed by atoms with van der Waals surface area (Å²) >= 11 is 0. The Balaban J connectivity index is 1.67. The lowest BCUT2D eigenvalue weighted by molar-refractivity contribution is -0.127. The number of carbonyl (C=O) groups is 2. The summed E-state index contributed by atoms with van der Waals surface area (Å²) in [5.74, 6) is -0.00703. The van der Waals surface area contributed by atoms with Gasteiger partial charge < -0.3 is 19.4 Å². The lowest BCUT2D eigenvalue weighted by Crippen LogP contribution is -2.64. The Kier molecular flexibility index (Phi) is 4.23. The van der Waals surface area contributed by atoms with Crippen molar-refractivity contribution in [2.24, 2.45) is 4.99 Å². The van der Waals surface area contributed by atoms with Gasteiger partial charge in [-0.05, 0) is 17.7 Å². The number of hydrogen-bond donors (Lipinski definition) is 1. The molecule has 3 aliphatic rings. The zero-order chi connectivity index (χ0) is 18.3. The maximum Gasteiger partial charge on any atom is 0.325 e. The number of ether oxygens (including phenoxy) is 1. The minimum Gasteiger partial charge on any atom is -0.378 e. The molecule has 3 aliphatic heterocycles. The number of guanidine groups is 1. The Morgan fingerprint density at radius 2 is 1.92 bits per heavy atom. The Labute approximate surface area is 150 Å². The first-order valence-corrected chi connectivity index (χ1v) is 8.54. The maximum atomic E-state index is 13.2. The number of imide groups is 1. The van der Waals surface area contributed by atoms with Crippen LogP contribution in [0.15, 0.2) is 29.3 Å². The number of urea groups is 1. The first-order chi connectivity index (χ1) is 12.5. The molecule has 2 atom stereocenters. The second-order valence-corrected chi connectivity index (χ2v) is 6.55. The summed E-state index contributed by atoms with van der Waals surface area (Å²) in [6.07, 6.45) is -0.574. The minimum absolute atomic E-state index is 0.309. The fourth-order valence-electron chi connectivity index (χ4n) is 3.49. The van der Waals surface area contributed by atoms with Crippen LogP contribution in [0.4, 0.5) is 9.18 Å². The van der Waals surface area contributed by atoms with E-state index < -0.39 is 18.2 Å². The van der Waals surface area contributed by atoms with Gasteiger partial charge in [0, 0.05) is 26.7 Å². The number of fused-ring (bicyclic) bond motifs is 1. The summed E-state index contributed by atoms with van der Waals surface area (Å²) in [5.41, 5.74) is 0.861. The average molecular weight is 361 g/mol. The number of aliphatic imine (C=N–C) groups is 1. The van der Waals surface area contributed by atoms with Gasteiger partial charge in [-0.15, -0.1) is 0 Å². The highest BCUT2D eigenvalue weighted by Crippen LogP contribution is 2.27. The summed E-state index contributed by atoms with van der Waals surface area (Å²) in [5, 5.41) is 2.38. The maximum absolute atomic E-state index is 13.2. The summed E-state index contributed by atoms with van der Waals surface area (Å²) in [6.45, 7) is 2.89. The van der Waals surface area contributed by atoms with Gasteiger partial charge in [0.15, 0.2) is 18.2 Å². The van der Waals surface area contributed by atoms with Crippen LogP contribution in [0.3, 0.4) is 0 Å². The van der Waals surface area contributed by atoms with Gasteiger partial charge in [-0.3, -0.25) is 10.1 Å². The molecule has 8 nitrogen and oxygen atoms in total. The molecule has 3 heterocycles. The van der Waals surface area contributed by atoms with Gasteiger partial charge >= 0.3 is 6.03 Å². The summed E-state index contributed by atoms with van der Waals surface area (Å²) < 4.78 is 18.6. The highest BCUT2D eigenvalue weighted by molar-refractivity contribution is 6.03. The summed E-state index contributed by atoms with van der Waals surface area (Å²) in [4.78, 5) is 34.6. The number of likely N-dealkylation sites (N-methyl/N-ethyl adjacent to an activating group) is 1. The molecule has 0 radical (unpaired) electrons. The van der Waals surface area contributed by atoms with E-state index in [-0.39, 0.29) is 11.7 Å². The van der Waals surface area contributed by atoms with Crippen molar-refractivity contribution in [1.29, 1.82) is 0 Å². The van der Waals surface area contributed by atoms with Gasteiger partial charge in [-0.25, -0.2) is 14.2 Å². The minimum atomic E-state index is -0.611. The van der Waals surface area contributed by atoms with Gasteiger partial charge in [0.2, 0.25) is 0 Å². The normalized spacial score (nSPS) is 25.9. The van der Waals surface area contributed by atoms with Crippen molar-refractivity contribution >= 4 is 17.9 Å². The molecule has 0 spiro atoms. The number of halogens is 1. The highest BCUT2D eigenvalue weighted by atomic mass is 19.1. The molecule has 1 aromatic rings. The molecule has 138 valence electrons. The molecule has 2 saturated heterocycles. The average Bonchev–Trinajstić information content (AvgIpc) is 3.02. The van der Waals surface area contributed by atoms with Crippen LogP contribution in [0, 0.1) is 5.82 Å². The standard InChI is InChI=1S/C17H20FN5O3/c1-21-14-13(15(24)20-17(21)25)23(10-11-2-4-12(18)5-3-11)16(19-14)22-6-8-26-9-7-22/h2-5,13-14H,6-10H2,1H3,(H,20,24,25). The van der Waals surface area contributed by atoms with E-state index in [2.05, 4.69) is 10.2 Å². The van der Waals surface area contributed by atoms with Gasteiger partial charge in [-0.1, -0.05) is 12.1 Å². The van der Waals surface area contributed by atoms with Gasteiger partial charge in [0.05, 0.1) is 13.2 Å². The fourth-order valence-corrected chi connectivity index (χ4v) is 3.49. The molecule has 26 heavy (non-hydrogen) atoms. The van der Waals surface area contributed by atoms with Crippen molar-refractivity contribution in [3.05, 3.63) is 35.6 Å². The van der Waals surface area contributed by atoms with Crippen LogP contribution in [0.1, 0.15) is 5.56 Å². The molecule has 2 unspecified atom stereocenters. The second-order valence-electron chi connectivity index (χ2n) is 6.55. The number of amides is 3. The van der Waals surface area contributed by atoms with Crippen LogP contribution >= 0.6 is 0 Å². The van der Waals surface area contributed by atoms with E-state index in [9.17, 15) is 14.0 Å². The number of carbonyl (C=O) groups excluding carboxylic acids is 2. The van der Waals surface area contributed by atoms with Crippen molar-refractivity contribution in [1.82, 2.24) is 20.0 Å². The van der Waals surface area contributed by atoms with Crippen LogP contribution in [-0.2, 0) is 16.1 Å². The Morgan fingerprint density at radius 3 is 2.62 bits per heavy atom. The van der Waals surface area contributed by atoms with Crippen molar-refractivity contribution in [2.75, 3.05) is 33.4 Å². The van der Waals surface area contributed by atoms with E-state index in [1.807, 2.05) is 4.90 Å². The van der Waals surface area contributed by atoms with Crippen molar-refractivity contribution in [3.63, 3.8) is 0 Å². The van der Waals surface area contributed by atoms with E-state index in [0.717, 1.165) is 5.56 Å². The molecule has 9 heteroatoms. The number of nitrogens with one attached hydrogen (secondary N) is 1. The Bertz CT molecular complexity index is 747. The lowest BCUT2D eigenvalue weighted by atomic mass is 10.1. The zero-order valence-electron chi connectivity index (χ0n) is 14.4. The van der Waals surface area contributed by atoms with Crippen LogP contribution in [0.25, 0.3) is 0 Å². The molecule has 1 aromatic carbocycles. The number of nitrogens with zero attached hydrogens (tertiary/aromatic N) is 4. The van der Waals surface area contributed by atoms with Gasteiger partial charge in [0.1, 0.15) is 5.82 Å². The monoisotopic (exact) mass is 361 g/mol. The zero-order valence-corrected chi connectivity index (χ0v) is 14.4. The van der Waals surface area contributed by atoms with Crippen LogP contribution in [0.2, 0.25) is 0 Å². The van der Waals surface area contributed by atoms with E-state index in [4.69, 9.17) is 9.73 Å². The molecule has 0 aromatic heterocycles. The fraction of sp³-hybridized carbons (Fsp3) is 0.471. The van der Waals surface area contributed by atoms with Crippen molar-refractivity contribution < 1.29 is 18.7 Å². The Hall–Kier alpha value is -2.68. The topological polar surface area (TPSA) is 77.5 Å². The predicted molar refractivity (Wildman–Crippen MR) is 90.6 cm³/mol. The first-order valence-electron chi connectivity index (χ1n) is 8.54. The van der Waals surface area contributed by atoms with E-state index in [1.54, 1.807) is 19.2 Å². The first kappa shape index (κ1) is 16.8. The predicted octanol–water partition coefficient (Wildman–Crippen LogP) is 0.206. The largest absolute Gasteiger partial charge is 0.378 e. The molecule has 2 fully saturated rings. The third kappa shape index (κ3) is 2.88. The molecule has 4 rings (SSSR count). The molecular formula is C17H20FN5O3. The SMILES string of the molecule is CN1C(=O)NC(=O)C2C1N=C(N1CCOCC1)N2Cc1ccc(F)cc1. The van der Waals surface area contributed by atoms with Gasteiger partial charge in [0.25, 0.3) is 5.91 Å². The molecule has 0 saturated carbocycles. The number of morpholine rings is 1. The summed E-state index contributed by atoms with van der Waals surface area (Å²) in [6, 6.07) is 5.10. The molecular weight excluding hydrogens is 341 g/mol. The van der Waals surface area contributed by atoms with Crippen LogP contribution < -0.4 is 5.32 Å². The summed E-state index contributed by atoms with van der Waals surface area (Å²) in [7, 11) is 1.63. The quantitative estimate of drug-likeness (QED) is 0.815. The Morgan fingerprint density at radius 1 is 1.23 bits per heavy atom. The number of benzene rings is 1. The van der Waals surface area contributed by atoms with Crippen molar-refractivity contribution in [3.8, 4) is 0 Å². The van der Waals surface area contributed by atoms with E-state index in [0.29, 0.717) is 38.8 Å². The van der Waals surface area contributed by atoms with Crippen LogP contribution in [0.5, 0.6) is 0 Å². The highest BCUT2D eigenvalue weighted by Gasteiger charge is 2.49. The van der Waals surface area contributed by atoms with Crippen molar-refractivity contribution in [2.45, 2.75) is 18.8 Å². The van der Waals surface area contributed by atoms with Gasteiger partial charge in [-0.2, -0.15) is 0 Å². The molecule has 1 N–H and O–H groups in total. The molecule has 3 amide bonds. The number of hydrogen-bond acceptors (Lipinski definition) is 6. The third-order valence-electron chi connectivity index (χ3n) is 4.90. The van der Waals surface area contributed by atoms with E-state index in [1.165, 1.54) is 17.0 Å². The molecule has 0 aliphatic carbocycles. The lowest BCUT2D eigenvalue weighted by Gasteiger charge is -2.38. The second kappa shape index (κ2) is 6.56. The van der Waals surface area contributed by atoms with E-state index >= 15 is 0 Å². The van der Waals surface area contributed by atoms with Crippen LogP contribution in [-0.4, -0.2) is 78.2 Å². The number of rotatable bonds is 2. The molecule has 0 bridgehead atoms. The smallest absolute Gasteiger partial charge is 0.325 e.